The van der Waals surface area contributed by atoms with Crippen molar-refractivity contribution >= 4 is 27.3 Å². The maximum atomic E-state index is 13.3. The van der Waals surface area contributed by atoms with Crippen molar-refractivity contribution in [1.82, 2.24) is 4.98 Å². The molecule has 0 aliphatic carbocycles. The Balaban J connectivity index is 2.06. The number of nitrogens with zero attached hydrogens (tertiary/aromatic N) is 2. The molecule has 3 rings (SSSR count). The lowest BCUT2D eigenvalue weighted by molar-refractivity contribution is 0.415. The second-order valence-corrected chi connectivity index (χ2v) is 7.83. The van der Waals surface area contributed by atoms with Gasteiger partial charge in [0.2, 0.25) is 0 Å². The maximum absolute atomic E-state index is 13.3. The summed E-state index contributed by atoms with van der Waals surface area (Å²) in [6, 6.07) is 16.7. The SMILES string of the molecule is COc1ccc(N(Cc2cccnc2)S(=O)(=O)c2cccc(Cl)c2)cc1. The fourth-order valence-corrected chi connectivity index (χ4v) is 4.23. The van der Waals surface area contributed by atoms with Crippen molar-refractivity contribution in [3.8, 4) is 5.75 Å². The molecule has 134 valence electrons. The number of methoxy groups -OCH3 is 1. The average molecular weight is 389 g/mol. The molecule has 7 heteroatoms. The van der Waals surface area contributed by atoms with E-state index in [-0.39, 0.29) is 11.4 Å². The third-order valence-electron chi connectivity index (χ3n) is 3.79. The van der Waals surface area contributed by atoms with Gasteiger partial charge in [-0.25, -0.2) is 8.42 Å². The van der Waals surface area contributed by atoms with Crippen molar-refractivity contribution < 1.29 is 13.2 Å². The molecule has 0 amide bonds. The molecule has 0 radical (unpaired) electrons. The van der Waals surface area contributed by atoms with Crippen molar-refractivity contribution in [1.29, 1.82) is 0 Å². The Morgan fingerprint density at radius 1 is 1.08 bits per heavy atom. The predicted octanol–water partition coefficient (Wildman–Crippen LogP) is 4.14. The lowest BCUT2D eigenvalue weighted by Crippen LogP contribution is -2.30. The highest BCUT2D eigenvalue weighted by atomic mass is 35.5. The molecule has 26 heavy (non-hydrogen) atoms. The van der Waals surface area contributed by atoms with E-state index < -0.39 is 10.0 Å². The minimum Gasteiger partial charge on any atom is -0.497 e. The van der Waals surface area contributed by atoms with Crippen LogP contribution in [0, 0.1) is 0 Å². The zero-order chi connectivity index (χ0) is 18.6. The number of aromatic nitrogens is 1. The first-order chi connectivity index (χ1) is 12.5. The second kappa shape index (κ2) is 7.76. The Hall–Kier alpha value is -2.57. The van der Waals surface area contributed by atoms with Crippen molar-refractivity contribution in [2.45, 2.75) is 11.4 Å². The molecule has 0 unspecified atom stereocenters. The van der Waals surface area contributed by atoms with Crippen LogP contribution in [-0.4, -0.2) is 20.5 Å². The van der Waals surface area contributed by atoms with Gasteiger partial charge in [-0.3, -0.25) is 9.29 Å². The summed E-state index contributed by atoms with van der Waals surface area (Å²) in [4.78, 5) is 4.19. The van der Waals surface area contributed by atoms with Gasteiger partial charge in [-0.2, -0.15) is 0 Å². The van der Waals surface area contributed by atoms with Crippen molar-refractivity contribution in [3.63, 3.8) is 0 Å². The summed E-state index contributed by atoms with van der Waals surface area (Å²) in [6.07, 6.45) is 3.29. The van der Waals surface area contributed by atoms with E-state index in [1.807, 2.05) is 6.07 Å². The van der Waals surface area contributed by atoms with Crippen LogP contribution < -0.4 is 9.04 Å². The molecule has 5 nitrogen and oxygen atoms in total. The van der Waals surface area contributed by atoms with E-state index >= 15 is 0 Å². The summed E-state index contributed by atoms with van der Waals surface area (Å²) in [6.45, 7) is 0.148. The standard InChI is InChI=1S/C19H17ClN2O3S/c1-25-18-9-7-17(8-10-18)22(14-15-4-3-11-21-13-15)26(23,24)19-6-2-5-16(20)12-19/h2-13H,14H2,1H3. The van der Waals surface area contributed by atoms with Gasteiger partial charge in [0.1, 0.15) is 5.75 Å². The van der Waals surface area contributed by atoms with Gasteiger partial charge in [0.25, 0.3) is 10.0 Å². The molecule has 0 spiro atoms. The highest BCUT2D eigenvalue weighted by Crippen LogP contribution is 2.28. The summed E-state index contributed by atoms with van der Waals surface area (Å²) < 4.78 is 33.0. The van der Waals surface area contributed by atoms with Crippen LogP contribution in [0.2, 0.25) is 5.02 Å². The van der Waals surface area contributed by atoms with E-state index in [1.165, 1.54) is 16.4 Å². The molecule has 0 fully saturated rings. The number of hydrogen-bond donors (Lipinski definition) is 0. The molecule has 0 aliphatic rings. The Kier molecular flexibility index (Phi) is 5.44. The summed E-state index contributed by atoms with van der Waals surface area (Å²) in [7, 11) is -2.25. The first kappa shape index (κ1) is 18.2. The first-order valence-electron chi connectivity index (χ1n) is 7.82. The van der Waals surface area contributed by atoms with E-state index in [1.54, 1.807) is 62.0 Å². The number of ether oxygens (including phenoxy) is 1. The van der Waals surface area contributed by atoms with Gasteiger partial charge in [0, 0.05) is 17.4 Å². The molecule has 1 aromatic heterocycles. The quantitative estimate of drug-likeness (QED) is 0.636. The lowest BCUT2D eigenvalue weighted by Gasteiger charge is -2.25. The van der Waals surface area contributed by atoms with Gasteiger partial charge in [0.05, 0.1) is 24.2 Å². The molecule has 1 heterocycles. The van der Waals surface area contributed by atoms with Crippen molar-refractivity contribution in [3.05, 3.63) is 83.6 Å². The van der Waals surface area contributed by atoms with Crippen molar-refractivity contribution in [2.75, 3.05) is 11.4 Å². The number of hydrogen-bond acceptors (Lipinski definition) is 4. The van der Waals surface area contributed by atoms with Crippen LogP contribution in [-0.2, 0) is 16.6 Å². The topological polar surface area (TPSA) is 59.5 Å². The fraction of sp³-hybridized carbons (Fsp3) is 0.105. The summed E-state index contributed by atoms with van der Waals surface area (Å²) in [5, 5.41) is 0.363. The van der Waals surface area contributed by atoms with Crippen LogP contribution in [0.1, 0.15) is 5.56 Å². The summed E-state index contributed by atoms with van der Waals surface area (Å²) in [5.41, 5.74) is 1.29. The predicted molar refractivity (Wildman–Crippen MR) is 102 cm³/mol. The van der Waals surface area contributed by atoms with Crippen LogP contribution in [0.25, 0.3) is 0 Å². The van der Waals surface area contributed by atoms with Gasteiger partial charge < -0.3 is 4.74 Å². The molecule has 0 saturated heterocycles. The van der Waals surface area contributed by atoms with Crippen LogP contribution in [0.15, 0.2) is 78.0 Å². The molecule has 0 bridgehead atoms. The number of halogens is 1. The van der Waals surface area contributed by atoms with Crippen molar-refractivity contribution in [2.24, 2.45) is 0 Å². The van der Waals surface area contributed by atoms with Crippen LogP contribution in [0.3, 0.4) is 0 Å². The molecule has 0 atom stereocenters. The fourth-order valence-electron chi connectivity index (χ4n) is 2.48. The van der Waals surface area contributed by atoms with Gasteiger partial charge in [-0.1, -0.05) is 23.7 Å². The number of benzene rings is 2. The summed E-state index contributed by atoms with van der Waals surface area (Å²) in [5.74, 6) is 0.648. The molecular formula is C19H17ClN2O3S. The lowest BCUT2D eigenvalue weighted by atomic mass is 10.2. The van der Waals surface area contributed by atoms with Crippen LogP contribution in [0.5, 0.6) is 5.75 Å². The molecule has 0 N–H and O–H groups in total. The van der Waals surface area contributed by atoms with Crippen LogP contribution >= 0.6 is 11.6 Å². The Labute approximate surface area is 157 Å². The maximum Gasteiger partial charge on any atom is 0.264 e. The highest BCUT2D eigenvalue weighted by Gasteiger charge is 2.25. The molecule has 2 aromatic carbocycles. The largest absolute Gasteiger partial charge is 0.497 e. The van der Waals surface area contributed by atoms with E-state index in [0.717, 1.165) is 5.56 Å². The molecule has 0 saturated carbocycles. The first-order valence-corrected chi connectivity index (χ1v) is 9.64. The number of rotatable bonds is 6. The van der Waals surface area contributed by atoms with E-state index in [0.29, 0.717) is 16.5 Å². The van der Waals surface area contributed by atoms with E-state index in [4.69, 9.17) is 16.3 Å². The van der Waals surface area contributed by atoms with E-state index in [2.05, 4.69) is 4.98 Å². The van der Waals surface area contributed by atoms with Crippen LogP contribution in [0.4, 0.5) is 5.69 Å². The Morgan fingerprint density at radius 3 is 2.46 bits per heavy atom. The monoisotopic (exact) mass is 388 g/mol. The van der Waals surface area contributed by atoms with Gasteiger partial charge in [-0.15, -0.1) is 0 Å². The Bertz CT molecular complexity index is 977. The average Bonchev–Trinajstić information content (AvgIpc) is 2.67. The molecule has 3 aromatic rings. The van der Waals surface area contributed by atoms with Gasteiger partial charge >= 0.3 is 0 Å². The zero-order valence-corrected chi connectivity index (χ0v) is 15.6. The third kappa shape index (κ3) is 3.98. The number of anilines is 1. The Morgan fingerprint density at radius 2 is 1.85 bits per heavy atom. The van der Waals surface area contributed by atoms with Gasteiger partial charge in [0.15, 0.2) is 0 Å². The minimum absolute atomic E-state index is 0.129. The van der Waals surface area contributed by atoms with Gasteiger partial charge in [-0.05, 0) is 54.1 Å². The number of pyridine rings is 1. The molecular weight excluding hydrogens is 372 g/mol. The number of sulfonamides is 1. The smallest absolute Gasteiger partial charge is 0.264 e. The van der Waals surface area contributed by atoms with E-state index in [9.17, 15) is 8.42 Å². The minimum atomic E-state index is -3.81. The third-order valence-corrected chi connectivity index (χ3v) is 5.80. The zero-order valence-electron chi connectivity index (χ0n) is 14.0. The second-order valence-electron chi connectivity index (χ2n) is 5.53. The molecule has 0 aliphatic heterocycles. The summed E-state index contributed by atoms with van der Waals surface area (Å²) >= 11 is 5.99. The highest BCUT2D eigenvalue weighted by molar-refractivity contribution is 7.92. The normalized spacial score (nSPS) is 11.2.